The lowest BCUT2D eigenvalue weighted by atomic mass is 10.2. The number of carbonyl (C=O) groups excluding carboxylic acids is 1. The third-order valence-electron chi connectivity index (χ3n) is 1.89. The number of hydrogen-bond acceptors (Lipinski definition) is 3. The van der Waals surface area contributed by atoms with Gasteiger partial charge >= 0.3 is 0 Å². The second kappa shape index (κ2) is 8.01. The molecule has 0 heterocycles. The van der Waals surface area contributed by atoms with Crippen LogP contribution < -0.4 is 10.6 Å². The van der Waals surface area contributed by atoms with Gasteiger partial charge in [-0.25, -0.2) is 0 Å². The van der Waals surface area contributed by atoms with E-state index in [0.717, 1.165) is 6.42 Å². The van der Waals surface area contributed by atoms with Crippen LogP contribution in [-0.4, -0.2) is 36.8 Å². The van der Waals surface area contributed by atoms with Gasteiger partial charge in [-0.2, -0.15) is 0 Å². The lowest BCUT2D eigenvalue weighted by Gasteiger charge is -2.10. The summed E-state index contributed by atoms with van der Waals surface area (Å²) in [6, 6.07) is 0.464. The van der Waals surface area contributed by atoms with Crippen molar-refractivity contribution in [1.29, 1.82) is 0 Å². The number of rotatable bonds is 7. The molecule has 0 aromatic carbocycles. The van der Waals surface area contributed by atoms with E-state index in [1.54, 1.807) is 0 Å². The highest BCUT2D eigenvalue weighted by molar-refractivity contribution is 5.75. The molecule has 0 bridgehead atoms. The summed E-state index contributed by atoms with van der Waals surface area (Å²) in [7, 11) is 0. The first kappa shape index (κ1) is 12.4. The molecule has 0 aliphatic heterocycles. The zero-order chi connectivity index (χ0) is 10.1. The van der Waals surface area contributed by atoms with Gasteiger partial charge < -0.3 is 15.7 Å². The number of nitrogens with one attached hydrogen (secondary N) is 2. The number of amides is 1. The van der Waals surface area contributed by atoms with Crippen LogP contribution >= 0.6 is 0 Å². The molecule has 0 rings (SSSR count). The second-order valence-corrected chi connectivity index (χ2v) is 3.09. The van der Waals surface area contributed by atoms with Crippen molar-refractivity contribution in [1.82, 2.24) is 10.6 Å². The van der Waals surface area contributed by atoms with Gasteiger partial charge in [0, 0.05) is 25.6 Å². The first-order valence-electron chi connectivity index (χ1n) is 4.81. The van der Waals surface area contributed by atoms with Gasteiger partial charge in [-0.1, -0.05) is 6.92 Å². The minimum atomic E-state index is -0.00940. The van der Waals surface area contributed by atoms with Crippen molar-refractivity contribution in [2.45, 2.75) is 32.7 Å². The molecule has 0 aromatic rings. The summed E-state index contributed by atoms with van der Waals surface area (Å²) in [5.74, 6) is -0.00940. The molecule has 3 N–H and O–H groups in total. The van der Waals surface area contributed by atoms with Gasteiger partial charge in [0.05, 0.1) is 6.61 Å². The quantitative estimate of drug-likeness (QED) is 0.521. The largest absolute Gasteiger partial charge is 0.395 e. The Balaban J connectivity index is 3.26. The summed E-state index contributed by atoms with van der Waals surface area (Å²) in [5.41, 5.74) is 0. The van der Waals surface area contributed by atoms with Crippen LogP contribution in [0.4, 0.5) is 0 Å². The molecule has 0 aromatic heterocycles. The third kappa shape index (κ3) is 7.74. The van der Waals surface area contributed by atoms with Crippen molar-refractivity contribution in [3.05, 3.63) is 0 Å². The van der Waals surface area contributed by atoms with E-state index in [4.69, 9.17) is 5.11 Å². The minimum Gasteiger partial charge on any atom is -0.395 e. The van der Waals surface area contributed by atoms with Crippen LogP contribution in [0.2, 0.25) is 0 Å². The second-order valence-electron chi connectivity index (χ2n) is 3.09. The summed E-state index contributed by atoms with van der Waals surface area (Å²) < 4.78 is 0. The Labute approximate surface area is 79.7 Å². The van der Waals surface area contributed by atoms with Crippen molar-refractivity contribution >= 4 is 5.91 Å². The Bertz CT molecular complexity index is 140. The maximum atomic E-state index is 11.0. The molecule has 0 aliphatic rings. The van der Waals surface area contributed by atoms with Gasteiger partial charge in [0.2, 0.25) is 5.91 Å². The van der Waals surface area contributed by atoms with Crippen LogP contribution in [0.25, 0.3) is 0 Å². The summed E-state index contributed by atoms with van der Waals surface area (Å²) in [6.07, 6.45) is 1.54. The highest BCUT2D eigenvalue weighted by Gasteiger charge is 2.01. The van der Waals surface area contributed by atoms with Crippen LogP contribution in [-0.2, 0) is 4.79 Å². The van der Waals surface area contributed by atoms with Gasteiger partial charge in [0.25, 0.3) is 0 Å². The molecule has 4 heteroatoms. The number of aliphatic hydroxyl groups excluding tert-OH is 1. The topological polar surface area (TPSA) is 61.4 Å². The SMILES string of the molecule is CCC(C)NCCC(=O)NCCO. The molecule has 1 amide bonds. The van der Waals surface area contributed by atoms with Gasteiger partial charge in [-0.3, -0.25) is 4.79 Å². The lowest BCUT2D eigenvalue weighted by molar-refractivity contribution is -0.121. The molecule has 1 atom stereocenters. The molecule has 0 fully saturated rings. The number of hydrogen-bond donors (Lipinski definition) is 3. The molecule has 1 unspecified atom stereocenters. The van der Waals surface area contributed by atoms with Crippen molar-refractivity contribution in [2.75, 3.05) is 19.7 Å². The standard InChI is InChI=1S/C9H20N2O2/c1-3-8(2)10-5-4-9(13)11-6-7-12/h8,10,12H,3-7H2,1-2H3,(H,11,13). The zero-order valence-electron chi connectivity index (χ0n) is 8.47. The van der Waals surface area contributed by atoms with Crippen molar-refractivity contribution < 1.29 is 9.90 Å². The maximum absolute atomic E-state index is 11.0. The van der Waals surface area contributed by atoms with Crippen LogP contribution in [0.5, 0.6) is 0 Å². The fourth-order valence-corrected chi connectivity index (χ4v) is 0.860. The molecule has 0 saturated heterocycles. The average Bonchev–Trinajstić information content (AvgIpc) is 2.14. The molecule has 78 valence electrons. The minimum absolute atomic E-state index is 0.00450. The van der Waals surface area contributed by atoms with E-state index in [0.29, 0.717) is 25.6 Å². The Morgan fingerprint density at radius 2 is 2.15 bits per heavy atom. The monoisotopic (exact) mass is 188 g/mol. The van der Waals surface area contributed by atoms with Crippen LogP contribution in [0, 0.1) is 0 Å². The highest BCUT2D eigenvalue weighted by Crippen LogP contribution is 1.87. The first-order chi connectivity index (χ1) is 6.20. The Morgan fingerprint density at radius 3 is 2.69 bits per heavy atom. The fourth-order valence-electron chi connectivity index (χ4n) is 0.860. The Morgan fingerprint density at radius 1 is 1.46 bits per heavy atom. The van der Waals surface area contributed by atoms with Gasteiger partial charge in [-0.15, -0.1) is 0 Å². The summed E-state index contributed by atoms with van der Waals surface area (Å²) in [5, 5.41) is 14.2. The van der Waals surface area contributed by atoms with Crippen molar-refractivity contribution in [3.63, 3.8) is 0 Å². The lowest BCUT2D eigenvalue weighted by Crippen LogP contribution is -2.32. The van der Waals surface area contributed by atoms with E-state index in [-0.39, 0.29) is 12.5 Å². The third-order valence-corrected chi connectivity index (χ3v) is 1.89. The number of carbonyl (C=O) groups is 1. The Hall–Kier alpha value is -0.610. The van der Waals surface area contributed by atoms with Crippen molar-refractivity contribution in [2.24, 2.45) is 0 Å². The van der Waals surface area contributed by atoms with E-state index in [9.17, 15) is 4.79 Å². The van der Waals surface area contributed by atoms with Crippen LogP contribution in [0.1, 0.15) is 26.7 Å². The summed E-state index contributed by atoms with van der Waals surface area (Å²) in [4.78, 5) is 11.0. The molecule has 13 heavy (non-hydrogen) atoms. The zero-order valence-corrected chi connectivity index (χ0v) is 8.47. The summed E-state index contributed by atoms with van der Waals surface area (Å²) >= 11 is 0. The Kier molecular flexibility index (Phi) is 7.63. The normalized spacial score (nSPS) is 12.5. The van der Waals surface area contributed by atoms with E-state index >= 15 is 0 Å². The maximum Gasteiger partial charge on any atom is 0.221 e. The van der Waals surface area contributed by atoms with E-state index in [1.165, 1.54) is 0 Å². The molecular weight excluding hydrogens is 168 g/mol. The van der Waals surface area contributed by atoms with Gasteiger partial charge in [0.15, 0.2) is 0 Å². The molecule has 0 spiro atoms. The van der Waals surface area contributed by atoms with Crippen molar-refractivity contribution in [3.8, 4) is 0 Å². The molecular formula is C9H20N2O2. The molecule has 0 aliphatic carbocycles. The number of aliphatic hydroxyl groups is 1. The highest BCUT2D eigenvalue weighted by atomic mass is 16.3. The van der Waals surface area contributed by atoms with Crippen LogP contribution in [0.15, 0.2) is 0 Å². The van der Waals surface area contributed by atoms with Crippen LogP contribution in [0.3, 0.4) is 0 Å². The van der Waals surface area contributed by atoms with E-state index < -0.39 is 0 Å². The predicted molar refractivity (Wildman–Crippen MR) is 52.5 cm³/mol. The predicted octanol–water partition coefficient (Wildman–Crippen LogP) is -0.127. The smallest absolute Gasteiger partial charge is 0.221 e. The van der Waals surface area contributed by atoms with Gasteiger partial charge in [-0.05, 0) is 13.3 Å². The molecule has 0 saturated carbocycles. The fraction of sp³-hybridized carbons (Fsp3) is 0.889. The summed E-state index contributed by atoms with van der Waals surface area (Å²) in [6.45, 7) is 5.24. The average molecular weight is 188 g/mol. The van der Waals surface area contributed by atoms with E-state index in [1.807, 2.05) is 0 Å². The molecule has 0 radical (unpaired) electrons. The molecule has 4 nitrogen and oxygen atoms in total. The first-order valence-corrected chi connectivity index (χ1v) is 4.81. The van der Waals surface area contributed by atoms with E-state index in [2.05, 4.69) is 24.5 Å². The van der Waals surface area contributed by atoms with Gasteiger partial charge in [0.1, 0.15) is 0 Å².